The van der Waals surface area contributed by atoms with Crippen LogP contribution < -0.4 is 14.8 Å². The van der Waals surface area contributed by atoms with Crippen molar-refractivity contribution in [1.29, 1.82) is 0 Å². The SMILES string of the molecule is CC[C@H](NC(=O)COC(=O)CCc1ccc(OC)c(OC)c1)c1ccc(C)cc1. The Morgan fingerprint density at radius 1 is 1.00 bits per heavy atom. The van der Waals surface area contributed by atoms with Crippen LogP contribution in [0.15, 0.2) is 42.5 Å². The van der Waals surface area contributed by atoms with Crippen LogP contribution in [-0.2, 0) is 20.7 Å². The molecule has 0 spiro atoms. The van der Waals surface area contributed by atoms with E-state index in [9.17, 15) is 9.59 Å². The maximum atomic E-state index is 12.2. The zero-order valence-corrected chi connectivity index (χ0v) is 17.5. The van der Waals surface area contributed by atoms with Crippen LogP contribution in [0.25, 0.3) is 0 Å². The summed E-state index contributed by atoms with van der Waals surface area (Å²) in [5.74, 6) is 0.518. The number of rotatable bonds is 10. The lowest BCUT2D eigenvalue weighted by Gasteiger charge is -2.17. The first-order valence-corrected chi connectivity index (χ1v) is 9.69. The molecule has 2 aromatic carbocycles. The number of carbonyl (C=O) groups is 2. The number of benzene rings is 2. The molecule has 6 heteroatoms. The average Bonchev–Trinajstić information content (AvgIpc) is 2.74. The summed E-state index contributed by atoms with van der Waals surface area (Å²) < 4.78 is 15.6. The molecule has 6 nitrogen and oxygen atoms in total. The van der Waals surface area contributed by atoms with Crippen molar-refractivity contribution in [3.05, 3.63) is 59.2 Å². The highest BCUT2D eigenvalue weighted by Gasteiger charge is 2.14. The third-order valence-corrected chi connectivity index (χ3v) is 4.65. The van der Waals surface area contributed by atoms with Gasteiger partial charge in [-0.2, -0.15) is 0 Å². The Kier molecular flexibility index (Phi) is 8.52. The van der Waals surface area contributed by atoms with Crippen molar-refractivity contribution in [3.8, 4) is 11.5 Å². The molecular formula is C23H29NO5. The van der Waals surface area contributed by atoms with E-state index < -0.39 is 5.97 Å². The highest BCUT2D eigenvalue weighted by molar-refractivity contribution is 5.81. The van der Waals surface area contributed by atoms with Gasteiger partial charge in [-0.25, -0.2) is 0 Å². The largest absolute Gasteiger partial charge is 0.493 e. The predicted molar refractivity (Wildman–Crippen MR) is 111 cm³/mol. The number of carbonyl (C=O) groups excluding carboxylic acids is 2. The van der Waals surface area contributed by atoms with Crippen LogP contribution in [-0.4, -0.2) is 32.7 Å². The van der Waals surface area contributed by atoms with Crippen LogP contribution >= 0.6 is 0 Å². The number of aryl methyl sites for hydroxylation is 2. The maximum absolute atomic E-state index is 12.2. The number of hydrogen-bond donors (Lipinski definition) is 1. The number of hydrogen-bond acceptors (Lipinski definition) is 5. The monoisotopic (exact) mass is 399 g/mol. The van der Waals surface area contributed by atoms with Crippen LogP contribution in [0.1, 0.15) is 42.5 Å². The van der Waals surface area contributed by atoms with E-state index in [0.717, 1.165) is 17.5 Å². The molecule has 2 aromatic rings. The van der Waals surface area contributed by atoms with Crippen LogP contribution in [0, 0.1) is 6.92 Å². The van der Waals surface area contributed by atoms with Crippen molar-refractivity contribution in [2.75, 3.05) is 20.8 Å². The van der Waals surface area contributed by atoms with Gasteiger partial charge in [-0.3, -0.25) is 9.59 Å². The quantitative estimate of drug-likeness (QED) is 0.616. The lowest BCUT2D eigenvalue weighted by atomic mass is 10.0. The van der Waals surface area contributed by atoms with Crippen LogP contribution in [0.3, 0.4) is 0 Å². The molecule has 0 saturated heterocycles. The first kappa shape index (κ1) is 22.3. The van der Waals surface area contributed by atoms with Crippen LogP contribution in [0.2, 0.25) is 0 Å². The van der Waals surface area contributed by atoms with E-state index in [0.29, 0.717) is 17.9 Å². The van der Waals surface area contributed by atoms with E-state index >= 15 is 0 Å². The van der Waals surface area contributed by atoms with E-state index in [2.05, 4.69) is 5.32 Å². The normalized spacial score (nSPS) is 11.4. The molecule has 0 bridgehead atoms. The molecule has 0 aliphatic carbocycles. The second kappa shape index (κ2) is 11.1. The van der Waals surface area contributed by atoms with Crippen molar-refractivity contribution in [2.45, 2.75) is 39.2 Å². The Morgan fingerprint density at radius 3 is 2.31 bits per heavy atom. The Balaban J connectivity index is 1.79. The van der Waals surface area contributed by atoms with Gasteiger partial charge in [0.15, 0.2) is 18.1 Å². The summed E-state index contributed by atoms with van der Waals surface area (Å²) in [6.07, 6.45) is 1.42. The van der Waals surface area contributed by atoms with Gasteiger partial charge in [0.1, 0.15) is 0 Å². The minimum Gasteiger partial charge on any atom is -0.493 e. The zero-order valence-electron chi connectivity index (χ0n) is 17.5. The molecule has 1 amide bonds. The van der Waals surface area contributed by atoms with Crippen LogP contribution in [0.5, 0.6) is 11.5 Å². The molecular weight excluding hydrogens is 370 g/mol. The molecule has 0 radical (unpaired) electrons. The minimum atomic E-state index is -0.418. The second-order valence-electron chi connectivity index (χ2n) is 6.79. The van der Waals surface area contributed by atoms with Gasteiger partial charge in [-0.15, -0.1) is 0 Å². The third kappa shape index (κ3) is 6.82. The fourth-order valence-corrected chi connectivity index (χ4v) is 2.96. The zero-order chi connectivity index (χ0) is 21.2. The Hall–Kier alpha value is -3.02. The summed E-state index contributed by atoms with van der Waals surface area (Å²) >= 11 is 0. The van der Waals surface area contributed by atoms with Gasteiger partial charge in [0.25, 0.3) is 5.91 Å². The van der Waals surface area contributed by atoms with E-state index in [-0.39, 0.29) is 25.0 Å². The molecule has 0 aliphatic rings. The smallest absolute Gasteiger partial charge is 0.306 e. The third-order valence-electron chi connectivity index (χ3n) is 4.65. The highest BCUT2D eigenvalue weighted by Crippen LogP contribution is 2.28. The number of ether oxygens (including phenoxy) is 3. The van der Waals surface area contributed by atoms with Gasteiger partial charge in [0.05, 0.1) is 20.3 Å². The van der Waals surface area contributed by atoms with Crippen molar-refractivity contribution in [3.63, 3.8) is 0 Å². The van der Waals surface area contributed by atoms with E-state index in [1.807, 2.05) is 50.2 Å². The first-order chi connectivity index (χ1) is 14.0. The van der Waals surface area contributed by atoms with Gasteiger partial charge in [0, 0.05) is 6.42 Å². The summed E-state index contributed by atoms with van der Waals surface area (Å²) in [5.41, 5.74) is 3.12. The first-order valence-electron chi connectivity index (χ1n) is 9.69. The van der Waals surface area contributed by atoms with Crippen molar-refractivity contribution < 1.29 is 23.8 Å². The van der Waals surface area contributed by atoms with E-state index in [1.54, 1.807) is 20.3 Å². The molecule has 0 saturated carbocycles. The van der Waals surface area contributed by atoms with Gasteiger partial charge in [-0.1, -0.05) is 42.8 Å². The average molecular weight is 399 g/mol. The summed E-state index contributed by atoms with van der Waals surface area (Å²) in [7, 11) is 3.14. The van der Waals surface area contributed by atoms with E-state index in [1.165, 1.54) is 5.56 Å². The van der Waals surface area contributed by atoms with Gasteiger partial charge < -0.3 is 19.5 Å². The lowest BCUT2D eigenvalue weighted by molar-refractivity contribution is -0.148. The summed E-state index contributed by atoms with van der Waals surface area (Å²) in [6, 6.07) is 13.4. The molecule has 0 heterocycles. The maximum Gasteiger partial charge on any atom is 0.306 e. The molecule has 29 heavy (non-hydrogen) atoms. The standard InChI is InChI=1S/C23H29NO5/c1-5-19(18-10-6-16(2)7-11-18)24-22(25)15-29-23(26)13-9-17-8-12-20(27-3)21(14-17)28-4/h6-8,10-12,14,19H,5,9,13,15H2,1-4H3,(H,24,25)/t19-/m0/s1. The summed E-state index contributed by atoms with van der Waals surface area (Å²) in [5, 5.41) is 2.91. The van der Waals surface area contributed by atoms with Crippen molar-refractivity contribution in [2.24, 2.45) is 0 Å². The highest BCUT2D eigenvalue weighted by atomic mass is 16.5. The number of esters is 1. The fourth-order valence-electron chi connectivity index (χ4n) is 2.96. The molecule has 156 valence electrons. The second-order valence-corrected chi connectivity index (χ2v) is 6.79. The number of methoxy groups -OCH3 is 2. The molecule has 0 fully saturated rings. The van der Waals surface area contributed by atoms with Crippen molar-refractivity contribution >= 4 is 11.9 Å². The molecule has 0 aromatic heterocycles. The predicted octanol–water partition coefficient (Wildman–Crippen LogP) is 3.76. The lowest BCUT2D eigenvalue weighted by Crippen LogP contribution is -2.32. The number of amides is 1. The van der Waals surface area contributed by atoms with Gasteiger partial charge >= 0.3 is 5.97 Å². The topological polar surface area (TPSA) is 73.9 Å². The fraction of sp³-hybridized carbons (Fsp3) is 0.391. The van der Waals surface area contributed by atoms with Crippen LogP contribution in [0.4, 0.5) is 0 Å². The summed E-state index contributed by atoms with van der Waals surface area (Å²) in [6.45, 7) is 3.73. The Morgan fingerprint density at radius 2 is 1.69 bits per heavy atom. The van der Waals surface area contributed by atoms with Crippen molar-refractivity contribution in [1.82, 2.24) is 5.32 Å². The van der Waals surface area contributed by atoms with E-state index in [4.69, 9.17) is 14.2 Å². The number of nitrogens with one attached hydrogen (secondary N) is 1. The molecule has 0 unspecified atom stereocenters. The molecule has 1 atom stereocenters. The van der Waals surface area contributed by atoms with Gasteiger partial charge in [-0.05, 0) is 43.0 Å². The molecule has 2 rings (SSSR count). The minimum absolute atomic E-state index is 0.103. The Labute approximate surface area is 172 Å². The molecule has 1 N–H and O–H groups in total. The Bertz CT molecular complexity index is 817. The van der Waals surface area contributed by atoms with Gasteiger partial charge in [0.2, 0.25) is 0 Å². The summed E-state index contributed by atoms with van der Waals surface area (Å²) in [4.78, 5) is 24.2. The molecule has 0 aliphatic heterocycles.